The van der Waals surface area contributed by atoms with E-state index in [2.05, 4.69) is 4.98 Å². The monoisotopic (exact) mass is 477 g/mol. The fraction of sp³-hybridized carbons (Fsp3) is 0.0800. The molecule has 5 rings (SSSR count). The van der Waals surface area contributed by atoms with E-state index >= 15 is 4.39 Å². The number of benzene rings is 2. The average Bonchev–Trinajstić information content (AvgIpc) is 2.80. The van der Waals surface area contributed by atoms with Crippen molar-refractivity contribution in [2.75, 3.05) is 0 Å². The van der Waals surface area contributed by atoms with Crippen LogP contribution in [-0.4, -0.2) is 4.98 Å². The van der Waals surface area contributed by atoms with Crippen molar-refractivity contribution in [1.29, 1.82) is 5.26 Å². The van der Waals surface area contributed by atoms with Crippen LogP contribution in [0.5, 0.6) is 5.75 Å². The van der Waals surface area contributed by atoms with Crippen molar-refractivity contribution < 1.29 is 17.9 Å². The molecule has 6 nitrogen and oxygen atoms in total. The molecule has 0 aliphatic carbocycles. The number of pyridine rings is 1. The summed E-state index contributed by atoms with van der Waals surface area (Å²) in [5.41, 5.74) is 6.78. The molecule has 1 aliphatic rings. The highest BCUT2D eigenvalue weighted by molar-refractivity contribution is 6.30. The topological polar surface area (TPSA) is 102 Å². The number of nitriles is 1. The number of halogens is 3. The first-order valence-electron chi connectivity index (χ1n) is 10.0. The Morgan fingerprint density at radius 2 is 1.94 bits per heavy atom. The standard InChI is InChI=1S/C25H14ClF2N3O3/c1-11-6-13(10-31-23(11)26)12-2-4-15(18(28)7-12)20-17(9-29)24(30)34-22-16-8-14(27)3-5-19(16)33-25(32)21(20)22/h2-8,10,20H,30H2,1H3. The van der Waals surface area contributed by atoms with Crippen LogP contribution in [0.15, 0.2) is 69.3 Å². The molecule has 168 valence electrons. The molecule has 0 bridgehead atoms. The van der Waals surface area contributed by atoms with Crippen LogP contribution in [0.2, 0.25) is 5.15 Å². The molecule has 1 atom stereocenters. The molecule has 34 heavy (non-hydrogen) atoms. The molecule has 0 saturated heterocycles. The lowest BCUT2D eigenvalue weighted by molar-refractivity contribution is 0.386. The van der Waals surface area contributed by atoms with Crippen LogP contribution < -0.4 is 16.1 Å². The third-order valence-electron chi connectivity index (χ3n) is 5.69. The van der Waals surface area contributed by atoms with Crippen LogP contribution in [0.1, 0.15) is 22.6 Å². The molecule has 0 fully saturated rings. The lowest BCUT2D eigenvalue weighted by Gasteiger charge is -2.26. The number of ether oxygens (including phenoxy) is 1. The molecule has 1 unspecified atom stereocenters. The molecule has 0 radical (unpaired) electrons. The van der Waals surface area contributed by atoms with Crippen LogP contribution in [-0.2, 0) is 0 Å². The number of aryl methyl sites for hydroxylation is 1. The van der Waals surface area contributed by atoms with Crippen LogP contribution in [0, 0.1) is 29.9 Å². The number of allylic oxidation sites excluding steroid dienone is 1. The Hall–Kier alpha value is -4.22. The van der Waals surface area contributed by atoms with Gasteiger partial charge in [0.15, 0.2) is 5.75 Å². The maximum atomic E-state index is 15.5. The van der Waals surface area contributed by atoms with Crippen molar-refractivity contribution in [1.82, 2.24) is 4.98 Å². The minimum atomic E-state index is -1.21. The van der Waals surface area contributed by atoms with Gasteiger partial charge in [0.1, 0.15) is 34.0 Å². The normalized spacial score (nSPS) is 15.1. The van der Waals surface area contributed by atoms with E-state index in [-0.39, 0.29) is 39.3 Å². The van der Waals surface area contributed by atoms with Crippen molar-refractivity contribution in [3.63, 3.8) is 0 Å². The van der Waals surface area contributed by atoms with E-state index in [0.29, 0.717) is 16.3 Å². The highest BCUT2D eigenvalue weighted by Gasteiger charge is 2.37. The molecule has 2 aromatic carbocycles. The summed E-state index contributed by atoms with van der Waals surface area (Å²) in [5, 5.41) is 10.2. The Morgan fingerprint density at radius 1 is 1.15 bits per heavy atom. The predicted octanol–water partition coefficient (Wildman–Crippen LogP) is 5.31. The lowest BCUT2D eigenvalue weighted by atomic mass is 9.83. The SMILES string of the molecule is Cc1cc(-c2ccc(C3C(C#N)=C(N)Oc4c3c(=O)oc3ccc(F)cc43)c(F)c2)cnc1Cl. The van der Waals surface area contributed by atoms with Gasteiger partial charge >= 0.3 is 5.63 Å². The van der Waals surface area contributed by atoms with Gasteiger partial charge in [-0.25, -0.2) is 18.6 Å². The summed E-state index contributed by atoms with van der Waals surface area (Å²) in [5.74, 6) is -2.89. The zero-order valence-corrected chi connectivity index (χ0v) is 18.3. The minimum Gasteiger partial charge on any atom is -0.439 e. The second kappa shape index (κ2) is 7.97. The Bertz CT molecular complexity index is 1640. The molecule has 0 saturated carbocycles. The van der Waals surface area contributed by atoms with E-state index in [9.17, 15) is 14.4 Å². The number of rotatable bonds is 2. The fourth-order valence-corrected chi connectivity index (χ4v) is 4.16. The van der Waals surface area contributed by atoms with Gasteiger partial charge in [0.05, 0.1) is 16.9 Å². The first-order chi connectivity index (χ1) is 16.3. The van der Waals surface area contributed by atoms with Crippen molar-refractivity contribution in [2.24, 2.45) is 5.73 Å². The van der Waals surface area contributed by atoms with Gasteiger partial charge in [-0.15, -0.1) is 0 Å². The van der Waals surface area contributed by atoms with Crippen LogP contribution >= 0.6 is 11.6 Å². The van der Waals surface area contributed by atoms with Gasteiger partial charge in [-0.3, -0.25) is 0 Å². The second-order valence-electron chi connectivity index (χ2n) is 7.77. The highest BCUT2D eigenvalue weighted by atomic mass is 35.5. The number of nitrogens with zero attached hydrogens (tertiary/aromatic N) is 2. The van der Waals surface area contributed by atoms with Gasteiger partial charge in [0.2, 0.25) is 5.88 Å². The predicted molar refractivity (Wildman–Crippen MR) is 121 cm³/mol. The Balaban J connectivity index is 1.73. The molecule has 9 heteroatoms. The molecule has 4 aromatic rings. The highest BCUT2D eigenvalue weighted by Crippen LogP contribution is 2.44. The molecule has 2 aromatic heterocycles. The number of hydrogen-bond donors (Lipinski definition) is 1. The van der Waals surface area contributed by atoms with Crippen LogP contribution in [0.4, 0.5) is 8.78 Å². The Kier molecular flexibility index (Phi) is 5.07. The maximum absolute atomic E-state index is 15.5. The van der Waals surface area contributed by atoms with Crippen molar-refractivity contribution in [3.8, 4) is 22.9 Å². The van der Waals surface area contributed by atoms with Crippen molar-refractivity contribution in [2.45, 2.75) is 12.8 Å². The van der Waals surface area contributed by atoms with Crippen LogP contribution in [0.3, 0.4) is 0 Å². The maximum Gasteiger partial charge on any atom is 0.344 e. The molecule has 2 N–H and O–H groups in total. The van der Waals surface area contributed by atoms with Crippen LogP contribution in [0.25, 0.3) is 22.1 Å². The first-order valence-corrected chi connectivity index (χ1v) is 10.4. The van der Waals surface area contributed by atoms with Gasteiger partial charge < -0.3 is 14.9 Å². The number of aromatic nitrogens is 1. The minimum absolute atomic E-state index is 0.00879. The molecule has 3 heterocycles. The number of nitrogens with two attached hydrogens (primary N) is 1. The van der Waals surface area contributed by atoms with Crippen molar-refractivity contribution >= 4 is 22.6 Å². The van der Waals surface area contributed by atoms with Gasteiger partial charge in [0.25, 0.3) is 0 Å². The van der Waals surface area contributed by atoms with Gasteiger partial charge in [-0.1, -0.05) is 23.7 Å². The van der Waals surface area contributed by atoms with Gasteiger partial charge in [-0.05, 0) is 48.4 Å². The first kappa shape index (κ1) is 21.6. The third-order valence-corrected chi connectivity index (χ3v) is 6.08. The van der Waals surface area contributed by atoms with Gasteiger partial charge in [0, 0.05) is 17.3 Å². The average molecular weight is 478 g/mol. The molecule has 0 spiro atoms. The van der Waals surface area contributed by atoms with Crippen molar-refractivity contribution in [3.05, 3.63) is 104 Å². The van der Waals surface area contributed by atoms with E-state index in [0.717, 1.165) is 17.7 Å². The summed E-state index contributed by atoms with van der Waals surface area (Å²) in [6, 6.07) is 11.5. The molecular weight excluding hydrogens is 464 g/mol. The largest absolute Gasteiger partial charge is 0.439 e. The molecular formula is C25H14ClF2N3O3. The fourth-order valence-electron chi connectivity index (χ4n) is 4.06. The Labute approximate surface area is 196 Å². The molecule has 0 amide bonds. The van der Waals surface area contributed by atoms with E-state index in [1.54, 1.807) is 19.1 Å². The smallest absolute Gasteiger partial charge is 0.344 e. The summed E-state index contributed by atoms with van der Waals surface area (Å²) in [4.78, 5) is 17.0. The molecule has 1 aliphatic heterocycles. The second-order valence-corrected chi connectivity index (χ2v) is 8.12. The summed E-state index contributed by atoms with van der Waals surface area (Å²) >= 11 is 5.98. The quantitative estimate of drug-likeness (QED) is 0.310. The van der Waals surface area contributed by atoms with E-state index in [1.165, 1.54) is 24.4 Å². The van der Waals surface area contributed by atoms with E-state index in [4.69, 9.17) is 26.5 Å². The number of hydrogen-bond acceptors (Lipinski definition) is 6. The van der Waals surface area contributed by atoms with E-state index < -0.39 is 23.2 Å². The zero-order chi connectivity index (χ0) is 24.1. The summed E-state index contributed by atoms with van der Waals surface area (Å²) in [6.07, 6.45) is 1.52. The third kappa shape index (κ3) is 3.38. The summed E-state index contributed by atoms with van der Waals surface area (Å²) in [7, 11) is 0. The Morgan fingerprint density at radius 3 is 2.65 bits per heavy atom. The lowest BCUT2D eigenvalue weighted by Crippen LogP contribution is -2.27. The van der Waals surface area contributed by atoms with E-state index in [1.807, 2.05) is 6.07 Å². The van der Waals surface area contributed by atoms with Gasteiger partial charge in [-0.2, -0.15) is 5.26 Å². The summed E-state index contributed by atoms with van der Waals surface area (Å²) in [6.45, 7) is 1.78. The summed E-state index contributed by atoms with van der Waals surface area (Å²) < 4.78 is 40.3. The zero-order valence-electron chi connectivity index (χ0n) is 17.5. The number of fused-ring (bicyclic) bond motifs is 3.